The lowest BCUT2D eigenvalue weighted by molar-refractivity contribution is 1.20. The predicted octanol–water partition coefficient (Wildman–Crippen LogP) is 26.8. The van der Waals surface area contributed by atoms with E-state index in [1.165, 1.54) is 269 Å². The number of fused-ring (bicyclic) bond motifs is 16. The van der Waals surface area contributed by atoms with Gasteiger partial charge in [-0.15, -0.1) is 0 Å². The van der Waals surface area contributed by atoms with Gasteiger partial charge in [-0.05, 0) is 337 Å². The summed E-state index contributed by atoms with van der Waals surface area (Å²) in [6.07, 6.45) is 0. The fourth-order valence-electron chi connectivity index (χ4n) is 25.3. The first kappa shape index (κ1) is 88.5. The van der Waals surface area contributed by atoms with Crippen LogP contribution in [0, 0.1) is 83.1 Å². The molecule has 0 N–H and O–H groups in total. The fraction of sp³-hybridized carbons (Fsp3) is 0.0909. The highest BCUT2D eigenvalue weighted by Gasteiger charge is 2.50. The maximum atomic E-state index is 2.51. The van der Waals surface area contributed by atoms with Crippen molar-refractivity contribution in [3.05, 3.63) is 504 Å². The summed E-state index contributed by atoms with van der Waals surface area (Å²) in [7, 11) is 0. The summed E-state index contributed by atoms with van der Waals surface area (Å²) in [6.45, 7) is 27.5. The number of anilines is 24. The minimum atomic E-state index is 0.177. The second-order valence-electron chi connectivity index (χ2n) is 39.8. The van der Waals surface area contributed by atoms with Crippen LogP contribution in [0.1, 0.15) is 66.8 Å². The molecule has 20 aromatic rings. The van der Waals surface area contributed by atoms with Crippen molar-refractivity contribution < 1.29 is 0 Å². The first-order chi connectivity index (χ1) is 70.6. The molecule has 8 aliphatic heterocycles. The minimum Gasteiger partial charge on any atom is -0.311 e. The molecule has 0 atom stereocenters. The maximum Gasteiger partial charge on any atom is 0.252 e. The molecule has 28 rings (SSSR count). The van der Waals surface area contributed by atoms with Gasteiger partial charge in [-0.2, -0.15) is 0 Å². The smallest absolute Gasteiger partial charge is 0.252 e. The quantitative estimate of drug-likeness (QED) is 0.139. The monoisotopic (exact) mass is 1850 g/mol. The summed E-state index contributed by atoms with van der Waals surface area (Å²) >= 11 is 0. The molecule has 144 heavy (non-hydrogen) atoms. The zero-order chi connectivity index (χ0) is 97.6. The summed E-state index contributed by atoms with van der Waals surface area (Å²) in [4.78, 5) is 19.9. The van der Waals surface area contributed by atoms with Crippen LogP contribution in [-0.2, 0) is 0 Å². The van der Waals surface area contributed by atoms with Gasteiger partial charge in [-0.3, -0.25) is 0 Å². The van der Waals surface area contributed by atoms with E-state index in [0.717, 1.165) is 0 Å². The van der Waals surface area contributed by atoms with Gasteiger partial charge in [0, 0.05) is 119 Å². The van der Waals surface area contributed by atoms with E-state index in [1.807, 2.05) is 0 Å². The first-order valence-corrected chi connectivity index (χ1v) is 50.7. The third-order valence-corrected chi connectivity index (χ3v) is 31.3. The summed E-state index contributed by atoms with van der Waals surface area (Å²) < 4.78 is 0. The van der Waals surface area contributed by atoms with Gasteiger partial charge in [0.25, 0.3) is 26.9 Å². The van der Waals surface area contributed by atoms with Gasteiger partial charge in [-0.1, -0.05) is 315 Å². The van der Waals surface area contributed by atoms with E-state index in [9.17, 15) is 0 Å². The molecule has 0 saturated carbocycles. The Bertz CT molecular complexity index is 8140. The Kier molecular flexibility index (Phi) is 21.9. The molecule has 688 valence electrons. The van der Waals surface area contributed by atoms with Crippen LogP contribution in [0.25, 0.3) is 0 Å². The number of aryl methyl sites for hydroxylation is 12. The van der Waals surface area contributed by atoms with Gasteiger partial charge in [0.15, 0.2) is 0 Å². The van der Waals surface area contributed by atoms with Crippen molar-refractivity contribution >= 4 is 229 Å². The largest absolute Gasteiger partial charge is 0.311 e. The predicted molar refractivity (Wildman–Crippen MR) is 619 cm³/mol. The zero-order valence-electron chi connectivity index (χ0n) is 83.5. The molecule has 0 bridgehead atoms. The standard InChI is InChI=1S/2C34H29BN2.2C32H25BN2/c1-22-12-9-13-23(2)33(22)36-28-18-7-5-16-26(28)35-27-17-6-8-19-29(27)37(31-21-11-20-30(36)32(31)35)34-24(3)14-10-15-25(34)4;1-22-12-5-7-18-28(22)36-30-20-11-21-31-32(30)35(26-16-9-14-24(3)33(26)36)27-17-10-15-25(4)34(27)37(31)29-19-8-6-13-23(29)2;1-22-12-10-13-23(2)32(22)35-28-19-9-7-17-26(28)33-25-16-6-8-18-27(25)34(24-14-4-3-5-15-24)29-20-11-21-30(35)31(29)33;1-22-12-6-8-18-27(22)35-30-21-11-20-29-31(30)33(26-17-10-13-23(2)32(26)35)25-16-7-9-19-28(25)34(29)24-14-4-3-5-15-24/h2*5-21H,1-4H3;2*3-21H,1-2H3. The molecule has 0 spiro atoms. The van der Waals surface area contributed by atoms with E-state index in [4.69, 9.17) is 0 Å². The van der Waals surface area contributed by atoms with Crippen molar-refractivity contribution in [3.8, 4) is 0 Å². The molecular formula is C132H108B4N8. The first-order valence-electron chi connectivity index (χ1n) is 50.7. The number of nitrogens with zero attached hydrogens (tertiary/aromatic N) is 8. The lowest BCUT2D eigenvalue weighted by Gasteiger charge is -2.45. The van der Waals surface area contributed by atoms with Crippen molar-refractivity contribution in [2.24, 2.45) is 0 Å². The van der Waals surface area contributed by atoms with E-state index in [-0.39, 0.29) is 26.9 Å². The summed E-state index contributed by atoms with van der Waals surface area (Å²) in [5.41, 5.74) is 62.1. The molecule has 0 amide bonds. The Morgan fingerprint density at radius 1 is 0.111 bits per heavy atom. The van der Waals surface area contributed by atoms with Gasteiger partial charge < -0.3 is 39.2 Å². The zero-order valence-corrected chi connectivity index (χ0v) is 83.5. The average Bonchev–Trinajstić information content (AvgIpc) is 0.703. The van der Waals surface area contributed by atoms with Gasteiger partial charge in [0.2, 0.25) is 0 Å². The molecule has 20 aromatic carbocycles. The number of benzene rings is 20. The minimum absolute atomic E-state index is 0.177. The van der Waals surface area contributed by atoms with Gasteiger partial charge in [0.05, 0.1) is 17.1 Å². The van der Waals surface area contributed by atoms with E-state index in [1.54, 1.807) is 0 Å². The van der Waals surface area contributed by atoms with E-state index >= 15 is 0 Å². The Morgan fingerprint density at radius 2 is 0.257 bits per heavy atom. The highest BCUT2D eigenvalue weighted by molar-refractivity contribution is 7.03. The van der Waals surface area contributed by atoms with Crippen molar-refractivity contribution in [2.45, 2.75) is 83.1 Å². The number of hydrogen-bond donors (Lipinski definition) is 0. The average molecular weight is 1850 g/mol. The fourth-order valence-corrected chi connectivity index (χ4v) is 25.3. The van der Waals surface area contributed by atoms with Crippen molar-refractivity contribution in [3.63, 3.8) is 0 Å². The van der Waals surface area contributed by atoms with E-state index < -0.39 is 0 Å². The van der Waals surface area contributed by atoms with E-state index in [0.29, 0.717) is 0 Å². The van der Waals surface area contributed by atoms with Crippen LogP contribution in [0.5, 0.6) is 0 Å². The molecule has 8 aliphatic rings. The molecule has 8 nitrogen and oxygen atoms in total. The number of para-hydroxylation sites is 16. The molecule has 0 radical (unpaired) electrons. The second-order valence-corrected chi connectivity index (χ2v) is 39.8. The highest BCUT2D eigenvalue weighted by atomic mass is 15.2. The molecule has 8 heterocycles. The molecule has 0 saturated heterocycles. The lowest BCUT2D eigenvalue weighted by Crippen LogP contribution is -2.61. The third-order valence-electron chi connectivity index (χ3n) is 31.3. The van der Waals surface area contributed by atoms with Crippen molar-refractivity contribution in [1.82, 2.24) is 0 Å². The van der Waals surface area contributed by atoms with Crippen LogP contribution >= 0.6 is 0 Å². The molecule has 0 unspecified atom stereocenters. The Hall–Kier alpha value is -16.9. The van der Waals surface area contributed by atoms with Gasteiger partial charge >= 0.3 is 0 Å². The molecule has 0 fully saturated rings. The summed E-state index contributed by atoms with van der Waals surface area (Å²) in [6, 6.07) is 160. The van der Waals surface area contributed by atoms with Crippen LogP contribution in [-0.4, -0.2) is 26.9 Å². The van der Waals surface area contributed by atoms with Crippen LogP contribution in [0.15, 0.2) is 437 Å². The van der Waals surface area contributed by atoms with E-state index in [2.05, 4.69) is 559 Å². The van der Waals surface area contributed by atoms with Gasteiger partial charge in [-0.25, -0.2) is 0 Å². The Labute approximate surface area is 848 Å². The summed E-state index contributed by atoms with van der Waals surface area (Å²) in [5, 5.41) is 0. The lowest BCUT2D eigenvalue weighted by atomic mass is 9.33. The third kappa shape index (κ3) is 14.0. The highest BCUT2D eigenvalue weighted by Crippen LogP contribution is 2.53. The van der Waals surface area contributed by atoms with Crippen LogP contribution in [0.3, 0.4) is 0 Å². The van der Waals surface area contributed by atoms with Crippen LogP contribution in [0.2, 0.25) is 0 Å². The second kappa shape index (κ2) is 35.7. The van der Waals surface area contributed by atoms with Crippen LogP contribution < -0.4 is 105 Å². The Balaban J connectivity index is 0.000000101. The maximum absolute atomic E-state index is 2.51. The van der Waals surface area contributed by atoms with Gasteiger partial charge in [0.1, 0.15) is 0 Å². The molecule has 0 aliphatic carbocycles. The van der Waals surface area contributed by atoms with Crippen molar-refractivity contribution in [2.75, 3.05) is 39.2 Å². The normalized spacial score (nSPS) is 13.2. The molecule has 12 heteroatoms. The number of rotatable bonds is 8. The topological polar surface area (TPSA) is 25.9 Å². The van der Waals surface area contributed by atoms with Crippen LogP contribution in [0.4, 0.5) is 136 Å². The molecule has 0 aromatic heterocycles. The molecular weight excluding hydrogens is 1740 g/mol. The van der Waals surface area contributed by atoms with Crippen molar-refractivity contribution in [1.29, 1.82) is 0 Å². The number of hydrogen-bond acceptors (Lipinski definition) is 8. The summed E-state index contributed by atoms with van der Waals surface area (Å²) in [5.74, 6) is 0. The SMILES string of the molecule is Cc1cccc(C)c1N1c2ccccc2B2c3ccccc3N(c3c(C)cccc3C)c3cccc1c32.Cc1cccc(C)c1N1c2ccccc2B2c3ccccc3N(c3ccccc3)c3cccc1c32.Cc1ccccc1N1c2cccc3c2B(c2cccc(C)c21)c1cccc(C)c1N3c1ccccc1C.Cc1ccccc1N1c2cccc3c2B(c2ccccc2N3c2ccccc2)c2cccc(C)c21. The Morgan fingerprint density at radius 3 is 0.500 bits per heavy atom.